The van der Waals surface area contributed by atoms with Gasteiger partial charge in [-0.1, -0.05) is 17.3 Å². The normalized spacial score (nSPS) is 10.6. The predicted octanol–water partition coefficient (Wildman–Crippen LogP) is 1.78. The molecule has 0 radical (unpaired) electrons. The predicted molar refractivity (Wildman–Crippen MR) is 105 cm³/mol. The van der Waals surface area contributed by atoms with Crippen molar-refractivity contribution >= 4 is 34.1 Å². The van der Waals surface area contributed by atoms with E-state index in [9.17, 15) is 25.0 Å². The maximum absolute atomic E-state index is 12.3. The highest BCUT2D eigenvalue weighted by atomic mass is 16.6. The molecule has 2 aromatic heterocycles. The van der Waals surface area contributed by atoms with Gasteiger partial charge in [-0.15, -0.1) is 5.10 Å². The molecule has 31 heavy (non-hydrogen) atoms. The van der Waals surface area contributed by atoms with E-state index in [2.05, 4.69) is 31.1 Å². The molecular weight excluding hydrogens is 410 g/mol. The summed E-state index contributed by atoms with van der Waals surface area (Å²) in [4.78, 5) is 41.2. The van der Waals surface area contributed by atoms with Gasteiger partial charge in [0.2, 0.25) is 11.6 Å². The van der Waals surface area contributed by atoms with Crippen LogP contribution in [0.4, 0.5) is 17.2 Å². The first-order valence-electron chi connectivity index (χ1n) is 8.56. The smallest absolute Gasteiger partial charge is 0.276 e. The highest BCUT2D eigenvalue weighted by Crippen LogP contribution is 2.28. The molecule has 0 aliphatic carbocycles. The maximum Gasteiger partial charge on any atom is 0.357 e. The van der Waals surface area contributed by atoms with E-state index in [0.717, 1.165) is 18.5 Å². The van der Waals surface area contributed by atoms with Gasteiger partial charge in [-0.05, 0) is 24.3 Å². The van der Waals surface area contributed by atoms with Crippen molar-refractivity contribution in [1.82, 2.24) is 30.4 Å². The Labute approximate surface area is 171 Å². The van der Waals surface area contributed by atoms with Gasteiger partial charge in [0.05, 0.1) is 15.4 Å². The Bertz CT molecular complexity index is 1320. The molecule has 0 aliphatic heterocycles. The van der Waals surface area contributed by atoms with E-state index >= 15 is 0 Å². The highest BCUT2D eigenvalue weighted by molar-refractivity contribution is 5.95. The standard InChI is InChI=1S/C17H11N9O5/c27-17(10-5-7-11(8-6-10)25(28)29)22-21-15-14(26(30)31)16(19-9-18-15)24-13-4-2-1-3-12(13)20-23-24/h1-9H,(H,22,27)(H,18,19,21). The lowest BCUT2D eigenvalue weighted by atomic mass is 10.2. The Morgan fingerprint density at radius 1 is 0.968 bits per heavy atom. The molecule has 0 aliphatic rings. The number of nitro groups is 2. The summed E-state index contributed by atoms with van der Waals surface area (Å²) in [7, 11) is 0. The summed E-state index contributed by atoms with van der Waals surface area (Å²) in [5.41, 5.74) is 5.04. The molecule has 4 rings (SSSR count). The van der Waals surface area contributed by atoms with Gasteiger partial charge >= 0.3 is 5.69 Å². The molecule has 14 heteroatoms. The van der Waals surface area contributed by atoms with Crippen LogP contribution in [0.25, 0.3) is 16.9 Å². The van der Waals surface area contributed by atoms with Crippen LogP contribution in [-0.4, -0.2) is 40.7 Å². The molecule has 1 amide bonds. The lowest BCUT2D eigenvalue weighted by Crippen LogP contribution is -2.30. The number of aromatic nitrogens is 5. The molecule has 2 heterocycles. The highest BCUT2D eigenvalue weighted by Gasteiger charge is 2.26. The number of carbonyl (C=O) groups is 1. The quantitative estimate of drug-likeness (QED) is 0.343. The van der Waals surface area contributed by atoms with E-state index in [-0.39, 0.29) is 22.9 Å². The number of anilines is 1. The third kappa shape index (κ3) is 3.67. The van der Waals surface area contributed by atoms with Gasteiger partial charge in [-0.3, -0.25) is 35.9 Å². The van der Waals surface area contributed by atoms with Gasteiger partial charge in [0.1, 0.15) is 11.8 Å². The van der Waals surface area contributed by atoms with Gasteiger partial charge in [0, 0.05) is 17.7 Å². The number of amides is 1. The number of fused-ring (bicyclic) bond motifs is 1. The molecule has 2 aromatic carbocycles. The average Bonchev–Trinajstić information content (AvgIpc) is 3.21. The molecule has 0 atom stereocenters. The Morgan fingerprint density at radius 3 is 2.42 bits per heavy atom. The van der Waals surface area contributed by atoms with E-state index in [1.54, 1.807) is 24.3 Å². The van der Waals surface area contributed by atoms with E-state index in [1.807, 2.05) is 0 Å². The number of hydrogen-bond donors (Lipinski definition) is 2. The summed E-state index contributed by atoms with van der Waals surface area (Å²) in [6.07, 6.45) is 1.07. The van der Waals surface area contributed by atoms with Gasteiger partial charge < -0.3 is 0 Å². The number of nitrogens with one attached hydrogen (secondary N) is 2. The molecule has 0 fully saturated rings. The van der Waals surface area contributed by atoms with Crippen molar-refractivity contribution in [3.63, 3.8) is 0 Å². The summed E-state index contributed by atoms with van der Waals surface area (Å²) in [6, 6.07) is 11.6. The van der Waals surface area contributed by atoms with Crippen molar-refractivity contribution in [3.05, 3.63) is 80.7 Å². The second kappa shape index (κ2) is 7.78. The minimum atomic E-state index is -0.716. The van der Waals surface area contributed by atoms with Crippen molar-refractivity contribution in [1.29, 1.82) is 0 Å². The van der Waals surface area contributed by atoms with E-state index < -0.39 is 21.4 Å². The minimum absolute atomic E-state index is 0.0947. The van der Waals surface area contributed by atoms with E-state index in [4.69, 9.17) is 0 Å². The molecule has 0 saturated heterocycles. The molecule has 0 bridgehead atoms. The molecular formula is C17H11N9O5. The summed E-state index contributed by atoms with van der Waals surface area (Å²) in [5.74, 6) is -1.12. The van der Waals surface area contributed by atoms with Crippen LogP contribution in [-0.2, 0) is 0 Å². The number of rotatable bonds is 6. The number of nitro benzene ring substituents is 1. The topological polar surface area (TPSA) is 184 Å². The largest absolute Gasteiger partial charge is 0.357 e. The number of benzene rings is 2. The first-order chi connectivity index (χ1) is 15.0. The molecule has 154 valence electrons. The monoisotopic (exact) mass is 421 g/mol. The van der Waals surface area contributed by atoms with Crippen LogP contribution in [0.15, 0.2) is 54.9 Å². The van der Waals surface area contributed by atoms with Crippen LogP contribution in [0.5, 0.6) is 0 Å². The van der Waals surface area contributed by atoms with Crippen LogP contribution in [0.3, 0.4) is 0 Å². The maximum atomic E-state index is 12.3. The second-order valence-electron chi connectivity index (χ2n) is 6.02. The molecule has 2 N–H and O–H groups in total. The molecule has 14 nitrogen and oxygen atoms in total. The minimum Gasteiger partial charge on any atom is -0.276 e. The summed E-state index contributed by atoms with van der Waals surface area (Å²) >= 11 is 0. The third-order valence-electron chi connectivity index (χ3n) is 4.17. The third-order valence-corrected chi connectivity index (χ3v) is 4.17. The van der Waals surface area contributed by atoms with Gasteiger partial charge in [-0.25, -0.2) is 9.97 Å². The van der Waals surface area contributed by atoms with Crippen molar-refractivity contribution in [2.75, 3.05) is 5.43 Å². The zero-order valence-electron chi connectivity index (χ0n) is 15.4. The Kier molecular flexibility index (Phi) is 4.85. The van der Waals surface area contributed by atoms with Gasteiger partial charge in [0.25, 0.3) is 11.6 Å². The molecule has 0 saturated carbocycles. The summed E-state index contributed by atoms with van der Waals surface area (Å²) in [6.45, 7) is 0. The summed E-state index contributed by atoms with van der Waals surface area (Å²) < 4.78 is 1.19. The fraction of sp³-hybridized carbons (Fsp3) is 0. The van der Waals surface area contributed by atoms with Crippen LogP contribution in [0.1, 0.15) is 10.4 Å². The fourth-order valence-electron chi connectivity index (χ4n) is 2.73. The number of para-hydroxylation sites is 1. The number of hydrogen-bond acceptors (Lipinski definition) is 10. The first kappa shape index (κ1) is 19.3. The summed E-state index contributed by atoms with van der Waals surface area (Å²) in [5, 5.41) is 30.3. The Morgan fingerprint density at radius 2 is 1.71 bits per heavy atom. The average molecular weight is 421 g/mol. The fourth-order valence-corrected chi connectivity index (χ4v) is 2.73. The molecule has 0 unspecified atom stereocenters. The molecule has 0 spiro atoms. The number of carbonyl (C=O) groups excluding carboxylic acids is 1. The molecule has 4 aromatic rings. The van der Waals surface area contributed by atoms with Crippen molar-refractivity contribution < 1.29 is 14.6 Å². The number of hydrazine groups is 1. The van der Waals surface area contributed by atoms with Crippen molar-refractivity contribution in [2.45, 2.75) is 0 Å². The van der Waals surface area contributed by atoms with Gasteiger partial charge in [-0.2, -0.15) is 4.68 Å². The van der Waals surface area contributed by atoms with E-state index in [0.29, 0.717) is 11.0 Å². The van der Waals surface area contributed by atoms with Crippen LogP contribution in [0, 0.1) is 20.2 Å². The SMILES string of the molecule is O=C(NNc1ncnc(-n2nnc3ccccc32)c1[N+](=O)[O-])c1ccc([N+](=O)[O-])cc1. The van der Waals surface area contributed by atoms with Gasteiger partial charge in [0.15, 0.2) is 0 Å². The zero-order chi connectivity index (χ0) is 22.0. The lowest BCUT2D eigenvalue weighted by Gasteiger charge is -2.10. The zero-order valence-corrected chi connectivity index (χ0v) is 15.4. The lowest BCUT2D eigenvalue weighted by molar-refractivity contribution is -0.384. The Balaban J connectivity index is 1.63. The number of non-ortho nitro benzene ring substituents is 1. The van der Waals surface area contributed by atoms with Crippen molar-refractivity contribution in [2.24, 2.45) is 0 Å². The second-order valence-corrected chi connectivity index (χ2v) is 6.02. The van der Waals surface area contributed by atoms with Crippen LogP contribution >= 0.6 is 0 Å². The van der Waals surface area contributed by atoms with Crippen molar-refractivity contribution in [3.8, 4) is 5.82 Å². The number of nitrogens with zero attached hydrogens (tertiary/aromatic N) is 7. The van der Waals surface area contributed by atoms with Crippen LogP contribution in [0.2, 0.25) is 0 Å². The van der Waals surface area contributed by atoms with E-state index in [1.165, 1.54) is 16.8 Å². The first-order valence-corrected chi connectivity index (χ1v) is 8.56. The Hall–Kier alpha value is -5.01. The van der Waals surface area contributed by atoms with Crippen LogP contribution < -0.4 is 10.9 Å².